The number of morpholine rings is 1. The van der Waals surface area contributed by atoms with Gasteiger partial charge in [0.25, 0.3) is 0 Å². The van der Waals surface area contributed by atoms with E-state index in [0.717, 1.165) is 19.6 Å². The summed E-state index contributed by atoms with van der Waals surface area (Å²) in [7, 11) is 0. The number of hydrogen-bond acceptors (Lipinski definition) is 5. The van der Waals surface area contributed by atoms with Crippen LogP contribution in [0.25, 0.3) is 0 Å². The number of rotatable bonds is 4. The molecule has 118 valence electrons. The van der Waals surface area contributed by atoms with Gasteiger partial charge >= 0.3 is 5.97 Å². The molecule has 7 heteroatoms. The third kappa shape index (κ3) is 3.59. The number of hydrogen-bond donors (Lipinski definition) is 1. The number of aromatic nitrogens is 3. The van der Waals surface area contributed by atoms with Gasteiger partial charge in [-0.25, -0.2) is 9.48 Å². The molecule has 0 aliphatic carbocycles. The van der Waals surface area contributed by atoms with Gasteiger partial charge in [-0.1, -0.05) is 32.9 Å². The maximum Gasteiger partial charge on any atom is 0.358 e. The van der Waals surface area contributed by atoms with Crippen LogP contribution >= 0.6 is 0 Å². The Morgan fingerprint density at radius 1 is 1.48 bits per heavy atom. The van der Waals surface area contributed by atoms with Gasteiger partial charge < -0.3 is 9.84 Å². The first-order valence-electron chi connectivity index (χ1n) is 7.34. The van der Waals surface area contributed by atoms with E-state index in [-0.39, 0.29) is 17.2 Å². The number of carboxylic acid groups (broad SMARTS) is 1. The Labute approximate surface area is 124 Å². The number of aromatic carboxylic acids is 1. The van der Waals surface area contributed by atoms with Gasteiger partial charge in [0.05, 0.1) is 24.9 Å². The van der Waals surface area contributed by atoms with Crippen molar-refractivity contribution in [1.82, 2.24) is 19.9 Å². The zero-order valence-electron chi connectivity index (χ0n) is 13.2. The molecule has 1 unspecified atom stereocenters. The van der Waals surface area contributed by atoms with Crippen molar-refractivity contribution in [1.29, 1.82) is 0 Å². The second kappa shape index (κ2) is 6.11. The zero-order valence-corrected chi connectivity index (χ0v) is 13.2. The minimum absolute atomic E-state index is 0.0168. The largest absolute Gasteiger partial charge is 0.476 e. The van der Waals surface area contributed by atoms with Crippen LogP contribution in [-0.4, -0.2) is 63.3 Å². The van der Waals surface area contributed by atoms with Gasteiger partial charge in [0.15, 0.2) is 5.69 Å². The summed E-state index contributed by atoms with van der Waals surface area (Å²) in [6.07, 6.45) is 0.0168. The molecular weight excluding hydrogens is 272 g/mol. The van der Waals surface area contributed by atoms with Gasteiger partial charge in [0.2, 0.25) is 0 Å². The molecule has 1 aliphatic rings. The number of carbonyl (C=O) groups is 1. The molecule has 1 N–H and O–H groups in total. The lowest BCUT2D eigenvalue weighted by molar-refractivity contribution is -0.0366. The van der Waals surface area contributed by atoms with Crippen molar-refractivity contribution in [2.45, 2.75) is 45.8 Å². The normalized spacial score (nSPS) is 20.7. The Bertz CT molecular complexity index is 507. The Kier molecular flexibility index (Phi) is 4.63. The molecule has 0 bridgehead atoms. The van der Waals surface area contributed by atoms with Crippen LogP contribution in [0.2, 0.25) is 0 Å². The average molecular weight is 296 g/mol. The smallest absolute Gasteiger partial charge is 0.358 e. The molecule has 1 fully saturated rings. The molecule has 2 heterocycles. The van der Waals surface area contributed by atoms with E-state index >= 15 is 0 Å². The van der Waals surface area contributed by atoms with E-state index in [2.05, 4.69) is 22.1 Å². The van der Waals surface area contributed by atoms with Crippen LogP contribution in [-0.2, 0) is 16.7 Å². The van der Waals surface area contributed by atoms with E-state index in [1.807, 2.05) is 20.8 Å². The maximum atomic E-state index is 11.3. The van der Waals surface area contributed by atoms with E-state index in [9.17, 15) is 9.90 Å². The first-order valence-corrected chi connectivity index (χ1v) is 7.34. The summed E-state index contributed by atoms with van der Waals surface area (Å²) < 4.78 is 7.46. The minimum Gasteiger partial charge on any atom is -0.476 e. The second-order valence-corrected chi connectivity index (χ2v) is 6.41. The number of carboxylic acids is 1. The first-order chi connectivity index (χ1) is 9.82. The van der Waals surface area contributed by atoms with Crippen LogP contribution in [0, 0.1) is 0 Å². The van der Waals surface area contributed by atoms with E-state index in [1.54, 1.807) is 4.68 Å². The summed E-state index contributed by atoms with van der Waals surface area (Å²) in [5.41, 5.74) is 0.342. The summed E-state index contributed by atoms with van der Waals surface area (Å²) in [6, 6.07) is 0. The molecule has 0 saturated carbocycles. The Hall–Kier alpha value is -1.47. The Balaban J connectivity index is 2.22. The van der Waals surface area contributed by atoms with Gasteiger partial charge in [-0.3, -0.25) is 4.90 Å². The predicted octanol–water partition coefficient (Wildman–Crippen LogP) is 0.994. The molecular formula is C14H24N4O3. The molecule has 0 radical (unpaired) electrons. The molecule has 7 nitrogen and oxygen atoms in total. The summed E-state index contributed by atoms with van der Waals surface area (Å²) in [5, 5.41) is 17.1. The summed E-state index contributed by atoms with van der Waals surface area (Å²) in [5.74, 6) is -1.04. The quantitative estimate of drug-likeness (QED) is 0.892. The minimum atomic E-state index is -1.04. The number of likely N-dealkylation sites (N-methyl/N-ethyl adjacent to an activating group) is 1. The van der Waals surface area contributed by atoms with Crippen LogP contribution in [0.5, 0.6) is 0 Å². The fraction of sp³-hybridized carbons (Fsp3) is 0.786. The molecule has 2 rings (SSSR count). The molecule has 1 aliphatic heterocycles. The molecule has 0 spiro atoms. The maximum absolute atomic E-state index is 11.3. The Morgan fingerprint density at radius 3 is 2.76 bits per heavy atom. The molecule has 1 atom stereocenters. The monoisotopic (exact) mass is 296 g/mol. The van der Waals surface area contributed by atoms with E-state index in [4.69, 9.17) is 4.74 Å². The van der Waals surface area contributed by atoms with Crippen LogP contribution in [0.3, 0.4) is 0 Å². The lowest BCUT2D eigenvalue weighted by atomic mass is 9.90. The van der Waals surface area contributed by atoms with Crippen molar-refractivity contribution < 1.29 is 14.6 Å². The van der Waals surface area contributed by atoms with Crippen LogP contribution < -0.4 is 0 Å². The number of ether oxygens (including phenoxy) is 1. The van der Waals surface area contributed by atoms with Gasteiger partial charge in [-0.15, -0.1) is 5.10 Å². The van der Waals surface area contributed by atoms with Gasteiger partial charge in [0.1, 0.15) is 0 Å². The molecule has 1 aromatic rings. The van der Waals surface area contributed by atoms with Gasteiger partial charge in [-0.2, -0.15) is 0 Å². The van der Waals surface area contributed by atoms with Crippen molar-refractivity contribution in [2.75, 3.05) is 26.2 Å². The molecule has 1 aromatic heterocycles. The van der Waals surface area contributed by atoms with Crippen LogP contribution in [0.1, 0.15) is 43.9 Å². The fourth-order valence-electron chi connectivity index (χ4n) is 2.70. The number of nitrogens with zero attached hydrogens (tertiary/aromatic N) is 4. The van der Waals surface area contributed by atoms with Crippen molar-refractivity contribution in [3.05, 3.63) is 11.4 Å². The van der Waals surface area contributed by atoms with E-state index < -0.39 is 5.97 Å². The highest BCUT2D eigenvalue weighted by molar-refractivity contribution is 5.86. The third-order valence-corrected chi connectivity index (χ3v) is 3.69. The average Bonchev–Trinajstić information content (AvgIpc) is 2.83. The van der Waals surface area contributed by atoms with Crippen molar-refractivity contribution in [3.8, 4) is 0 Å². The molecule has 1 saturated heterocycles. The van der Waals surface area contributed by atoms with Crippen molar-refractivity contribution >= 4 is 5.97 Å². The van der Waals surface area contributed by atoms with E-state index in [0.29, 0.717) is 18.8 Å². The highest BCUT2D eigenvalue weighted by Crippen LogP contribution is 2.25. The molecule has 0 aromatic carbocycles. The van der Waals surface area contributed by atoms with Crippen molar-refractivity contribution in [3.63, 3.8) is 0 Å². The molecule has 0 amide bonds. The SMILES string of the molecule is CCN1CCOC(Cn2nnc(C(=O)O)c2C(C)(C)C)C1. The topological polar surface area (TPSA) is 80.5 Å². The van der Waals surface area contributed by atoms with E-state index in [1.165, 1.54) is 0 Å². The summed E-state index contributed by atoms with van der Waals surface area (Å²) >= 11 is 0. The Morgan fingerprint density at radius 2 is 2.19 bits per heavy atom. The predicted molar refractivity (Wildman–Crippen MR) is 77.5 cm³/mol. The fourth-order valence-corrected chi connectivity index (χ4v) is 2.70. The lowest BCUT2D eigenvalue weighted by Crippen LogP contribution is -2.44. The summed E-state index contributed by atoms with van der Waals surface area (Å²) in [4.78, 5) is 13.6. The van der Waals surface area contributed by atoms with Gasteiger partial charge in [0, 0.05) is 18.5 Å². The summed E-state index contributed by atoms with van der Waals surface area (Å²) in [6.45, 7) is 12.0. The molecule has 21 heavy (non-hydrogen) atoms. The first kappa shape index (κ1) is 15.9. The standard InChI is InChI=1S/C14H24N4O3/c1-5-17-6-7-21-10(8-17)9-18-12(14(2,3)4)11(13(19)20)15-16-18/h10H,5-9H2,1-4H3,(H,19,20). The van der Waals surface area contributed by atoms with Crippen LogP contribution in [0.15, 0.2) is 0 Å². The van der Waals surface area contributed by atoms with Crippen LogP contribution in [0.4, 0.5) is 0 Å². The zero-order chi connectivity index (χ0) is 15.6. The van der Waals surface area contributed by atoms with Gasteiger partial charge in [-0.05, 0) is 6.54 Å². The second-order valence-electron chi connectivity index (χ2n) is 6.41. The third-order valence-electron chi connectivity index (χ3n) is 3.69. The van der Waals surface area contributed by atoms with Crippen molar-refractivity contribution in [2.24, 2.45) is 0 Å². The highest BCUT2D eigenvalue weighted by atomic mass is 16.5. The lowest BCUT2D eigenvalue weighted by Gasteiger charge is -2.32. The highest BCUT2D eigenvalue weighted by Gasteiger charge is 2.30.